The van der Waals surface area contributed by atoms with Crippen LogP contribution in [0.5, 0.6) is 0 Å². The topological polar surface area (TPSA) is 74.6 Å². The van der Waals surface area contributed by atoms with E-state index in [-0.39, 0.29) is 62.0 Å². The van der Waals surface area contributed by atoms with Gasteiger partial charge < -0.3 is 13.1 Å². The van der Waals surface area contributed by atoms with Crippen molar-refractivity contribution in [3.8, 4) is 0 Å². The van der Waals surface area contributed by atoms with E-state index in [2.05, 4.69) is 0 Å². The molecule has 4 nitrogen and oxygen atoms in total. The molecule has 6 heteroatoms. The third kappa shape index (κ3) is 33.6. The van der Waals surface area contributed by atoms with Gasteiger partial charge in [-0.3, -0.25) is 9.59 Å². The molecule has 0 heterocycles. The fourth-order valence-electron chi connectivity index (χ4n) is 3.73. The van der Waals surface area contributed by atoms with Crippen LogP contribution in [0.25, 0.3) is 0 Å². The third-order valence-electron chi connectivity index (χ3n) is 5.53. The summed E-state index contributed by atoms with van der Waals surface area (Å²) < 4.78 is 0. The maximum Gasteiger partial charge on any atom is 1.00 e. The molecule has 0 radical (unpaired) electrons. The first kappa shape index (κ1) is 35.5. The standard InChI is InChI=1S/C24H46O4.2Na.2H/c25-23(26)21-19-17-15-13-11-9-7-5-3-1-2-4-6-8-10-12-14-16-18-20-22-24(27)28;;;;/h1-22H2,(H,25,26)(H,27,28);;;;/q;2*+1;2*-1. The fraction of sp³-hybridized carbons (Fsp3) is 0.917. The first-order valence-electron chi connectivity index (χ1n) is 12.1. The van der Waals surface area contributed by atoms with E-state index in [4.69, 9.17) is 10.2 Å². The molecule has 0 aliphatic rings. The van der Waals surface area contributed by atoms with Gasteiger partial charge in [0.05, 0.1) is 0 Å². The summed E-state index contributed by atoms with van der Waals surface area (Å²) in [5, 5.41) is 17.1. The summed E-state index contributed by atoms with van der Waals surface area (Å²) in [5.41, 5.74) is 0. The molecule has 0 saturated heterocycles. The largest absolute Gasteiger partial charge is 1.00 e. The van der Waals surface area contributed by atoms with Crippen molar-refractivity contribution in [2.45, 2.75) is 141 Å². The Bertz CT molecular complexity index is 342. The van der Waals surface area contributed by atoms with Gasteiger partial charge in [0.15, 0.2) is 0 Å². The normalized spacial score (nSPS) is 10.3. The van der Waals surface area contributed by atoms with Crippen LogP contribution in [0.2, 0.25) is 0 Å². The number of hydrogen-bond donors (Lipinski definition) is 2. The van der Waals surface area contributed by atoms with Crippen LogP contribution in [0.15, 0.2) is 0 Å². The molecule has 0 atom stereocenters. The van der Waals surface area contributed by atoms with Gasteiger partial charge in [-0.1, -0.05) is 116 Å². The number of carboxylic acids is 2. The number of carbonyl (C=O) groups is 2. The second-order valence-electron chi connectivity index (χ2n) is 8.36. The predicted octanol–water partition coefficient (Wildman–Crippen LogP) is 1.97. The van der Waals surface area contributed by atoms with Gasteiger partial charge in [0, 0.05) is 12.8 Å². The summed E-state index contributed by atoms with van der Waals surface area (Å²) in [6.45, 7) is 0. The summed E-state index contributed by atoms with van der Waals surface area (Å²) in [6, 6.07) is 0. The summed E-state index contributed by atoms with van der Waals surface area (Å²) >= 11 is 0. The van der Waals surface area contributed by atoms with Crippen LogP contribution >= 0.6 is 0 Å². The van der Waals surface area contributed by atoms with Crippen LogP contribution in [0, 0.1) is 0 Å². The van der Waals surface area contributed by atoms with Crippen molar-refractivity contribution in [3.63, 3.8) is 0 Å². The first-order chi connectivity index (χ1) is 13.6. The Kier molecular flexibility index (Phi) is 35.5. The van der Waals surface area contributed by atoms with Gasteiger partial charge in [0.25, 0.3) is 0 Å². The van der Waals surface area contributed by atoms with Gasteiger partial charge in [0.2, 0.25) is 0 Å². The van der Waals surface area contributed by atoms with Crippen molar-refractivity contribution in [1.82, 2.24) is 0 Å². The average molecular weight is 447 g/mol. The zero-order valence-corrected chi connectivity index (χ0v) is 24.3. The van der Waals surface area contributed by atoms with Crippen LogP contribution in [0.1, 0.15) is 144 Å². The average Bonchev–Trinajstić information content (AvgIpc) is 2.65. The number of aliphatic carboxylic acids is 2. The van der Waals surface area contributed by atoms with Crippen LogP contribution in [0.4, 0.5) is 0 Å². The van der Waals surface area contributed by atoms with E-state index in [0.717, 1.165) is 25.7 Å². The molecule has 30 heavy (non-hydrogen) atoms. The Morgan fingerprint density at radius 1 is 0.367 bits per heavy atom. The molecule has 0 rings (SSSR count). The zero-order valence-electron chi connectivity index (χ0n) is 22.3. The van der Waals surface area contributed by atoms with Crippen molar-refractivity contribution >= 4 is 11.9 Å². The monoisotopic (exact) mass is 446 g/mol. The van der Waals surface area contributed by atoms with Gasteiger partial charge in [-0.25, -0.2) is 0 Å². The molecule has 0 spiro atoms. The molecule has 2 N–H and O–H groups in total. The van der Waals surface area contributed by atoms with Crippen LogP contribution in [-0.4, -0.2) is 22.2 Å². The molecular weight excluding hydrogens is 398 g/mol. The Hall–Kier alpha value is 0.940. The molecule has 0 aromatic heterocycles. The molecule has 0 aromatic carbocycles. The van der Waals surface area contributed by atoms with Gasteiger partial charge in [-0.2, -0.15) is 0 Å². The zero-order chi connectivity index (χ0) is 20.7. The van der Waals surface area contributed by atoms with E-state index < -0.39 is 11.9 Å². The maximum absolute atomic E-state index is 10.4. The van der Waals surface area contributed by atoms with Crippen molar-refractivity contribution < 1.29 is 81.8 Å². The van der Waals surface area contributed by atoms with E-state index in [1.807, 2.05) is 0 Å². The van der Waals surface area contributed by atoms with Crippen LogP contribution in [0.3, 0.4) is 0 Å². The van der Waals surface area contributed by atoms with Crippen molar-refractivity contribution in [2.24, 2.45) is 0 Å². The summed E-state index contributed by atoms with van der Waals surface area (Å²) in [7, 11) is 0. The summed E-state index contributed by atoms with van der Waals surface area (Å²) in [4.78, 5) is 20.8. The van der Waals surface area contributed by atoms with Crippen LogP contribution in [-0.2, 0) is 9.59 Å². The van der Waals surface area contributed by atoms with Crippen LogP contribution < -0.4 is 59.1 Å². The Morgan fingerprint density at radius 3 is 0.633 bits per heavy atom. The summed E-state index contributed by atoms with van der Waals surface area (Å²) in [5.74, 6) is -1.33. The number of rotatable bonds is 23. The Balaban J connectivity index is -0.000000607. The maximum atomic E-state index is 10.4. The van der Waals surface area contributed by atoms with E-state index in [9.17, 15) is 9.59 Å². The molecule has 0 aliphatic carbocycles. The molecule has 170 valence electrons. The minimum absolute atomic E-state index is 0. The number of unbranched alkanes of at least 4 members (excludes halogenated alkanes) is 19. The Labute approximate surface area is 233 Å². The molecule has 0 aliphatic heterocycles. The molecule has 0 aromatic rings. The van der Waals surface area contributed by atoms with Gasteiger partial charge in [-0.05, 0) is 12.8 Å². The first-order valence-corrected chi connectivity index (χ1v) is 12.1. The van der Waals surface area contributed by atoms with E-state index in [1.165, 1.54) is 103 Å². The van der Waals surface area contributed by atoms with Gasteiger partial charge in [-0.15, -0.1) is 0 Å². The van der Waals surface area contributed by atoms with Crippen molar-refractivity contribution in [1.29, 1.82) is 0 Å². The molecule has 0 unspecified atom stereocenters. The molecule has 0 bridgehead atoms. The SMILES string of the molecule is O=C(O)CCCCCCCCCCCCCCCCCCCCCCC(=O)O.[H-].[H-].[Na+].[Na+]. The quantitative estimate of drug-likeness (QED) is 0.186. The number of hydrogen-bond acceptors (Lipinski definition) is 2. The van der Waals surface area contributed by atoms with Gasteiger partial charge in [0.1, 0.15) is 0 Å². The van der Waals surface area contributed by atoms with E-state index in [0.29, 0.717) is 12.8 Å². The predicted molar refractivity (Wildman–Crippen MR) is 119 cm³/mol. The smallest absolute Gasteiger partial charge is 1.00 e. The van der Waals surface area contributed by atoms with Crippen molar-refractivity contribution in [3.05, 3.63) is 0 Å². The van der Waals surface area contributed by atoms with Gasteiger partial charge >= 0.3 is 71.1 Å². The third-order valence-corrected chi connectivity index (χ3v) is 5.53. The van der Waals surface area contributed by atoms with E-state index >= 15 is 0 Å². The summed E-state index contributed by atoms with van der Waals surface area (Å²) in [6.07, 6.45) is 25.7. The van der Waals surface area contributed by atoms with E-state index in [1.54, 1.807) is 0 Å². The molecule has 0 amide bonds. The Morgan fingerprint density at radius 2 is 0.500 bits per heavy atom. The van der Waals surface area contributed by atoms with Crippen molar-refractivity contribution in [2.75, 3.05) is 0 Å². The minimum Gasteiger partial charge on any atom is -1.00 e. The fourth-order valence-corrected chi connectivity index (χ4v) is 3.73. The number of carboxylic acid groups (broad SMARTS) is 2. The second kappa shape index (κ2) is 29.9. The molecule has 0 saturated carbocycles. The minimum atomic E-state index is -0.665. The molecular formula is C24H48Na2O4. The molecule has 0 fully saturated rings. The second-order valence-corrected chi connectivity index (χ2v) is 8.36.